The number of carbonyl (C=O) groups excluding carboxylic acids is 1. The van der Waals surface area contributed by atoms with E-state index in [-0.39, 0.29) is 12.3 Å². The number of ether oxygens (including phenoxy) is 1. The minimum Gasteiger partial charge on any atom is -0.461 e. The molecule has 2 aromatic heterocycles. The molecule has 2 heterocycles. The third-order valence-electron chi connectivity index (χ3n) is 3.17. The zero-order valence-corrected chi connectivity index (χ0v) is 12.9. The van der Waals surface area contributed by atoms with E-state index in [1.54, 1.807) is 49.5 Å². The van der Waals surface area contributed by atoms with Crippen molar-refractivity contribution in [3.8, 4) is 5.69 Å². The van der Waals surface area contributed by atoms with Gasteiger partial charge in [0.05, 0.1) is 12.3 Å². The summed E-state index contributed by atoms with van der Waals surface area (Å²) in [5.74, 6) is -0.758. The zero-order chi connectivity index (χ0) is 16.4. The SMILES string of the molecule is CCOC(=O)c1nc2cccnc2n(-c2ccc(Cl)cc2)c1=O. The van der Waals surface area contributed by atoms with Crippen LogP contribution < -0.4 is 5.56 Å². The summed E-state index contributed by atoms with van der Waals surface area (Å²) in [7, 11) is 0. The lowest BCUT2D eigenvalue weighted by Gasteiger charge is -2.11. The van der Waals surface area contributed by atoms with E-state index in [2.05, 4.69) is 9.97 Å². The first kappa shape index (κ1) is 15.2. The number of nitrogens with zero attached hydrogens (tertiary/aromatic N) is 3. The van der Waals surface area contributed by atoms with Crippen LogP contribution in [0.25, 0.3) is 16.9 Å². The average Bonchev–Trinajstić information content (AvgIpc) is 2.56. The van der Waals surface area contributed by atoms with Crippen molar-refractivity contribution in [2.24, 2.45) is 0 Å². The van der Waals surface area contributed by atoms with Gasteiger partial charge >= 0.3 is 5.97 Å². The van der Waals surface area contributed by atoms with Gasteiger partial charge in [0.25, 0.3) is 5.56 Å². The third kappa shape index (κ3) is 2.80. The Bertz CT molecular complexity index is 935. The minimum absolute atomic E-state index is 0.159. The first-order valence-corrected chi connectivity index (χ1v) is 7.30. The van der Waals surface area contributed by atoms with Crippen molar-refractivity contribution in [1.29, 1.82) is 0 Å². The number of rotatable bonds is 3. The molecule has 6 nitrogen and oxygen atoms in total. The Balaban J connectivity index is 2.34. The predicted octanol–water partition coefficient (Wildman–Crippen LogP) is 2.61. The standard InChI is InChI=1S/C16H12ClN3O3/c1-2-23-16(22)13-15(21)20(11-7-5-10(17)6-8-11)14-12(19-13)4-3-9-18-14/h3-9H,2H2,1H3. The van der Waals surface area contributed by atoms with Crippen LogP contribution in [0.3, 0.4) is 0 Å². The molecule has 3 aromatic rings. The molecule has 0 saturated heterocycles. The van der Waals surface area contributed by atoms with Gasteiger partial charge in [0.15, 0.2) is 5.65 Å². The van der Waals surface area contributed by atoms with Crippen LogP contribution in [-0.4, -0.2) is 27.1 Å². The third-order valence-corrected chi connectivity index (χ3v) is 3.42. The Morgan fingerprint density at radius 1 is 1.26 bits per heavy atom. The molecular weight excluding hydrogens is 318 g/mol. The van der Waals surface area contributed by atoms with Crippen LogP contribution >= 0.6 is 11.6 Å². The molecule has 23 heavy (non-hydrogen) atoms. The van der Waals surface area contributed by atoms with E-state index < -0.39 is 11.5 Å². The molecule has 0 amide bonds. The molecule has 0 bridgehead atoms. The van der Waals surface area contributed by atoms with E-state index in [4.69, 9.17) is 16.3 Å². The number of hydrogen-bond donors (Lipinski definition) is 0. The van der Waals surface area contributed by atoms with E-state index >= 15 is 0 Å². The highest BCUT2D eigenvalue weighted by molar-refractivity contribution is 6.30. The Labute approximate surface area is 136 Å². The van der Waals surface area contributed by atoms with E-state index in [1.165, 1.54) is 4.57 Å². The molecule has 0 aliphatic carbocycles. The molecule has 116 valence electrons. The number of fused-ring (bicyclic) bond motifs is 1. The molecule has 0 N–H and O–H groups in total. The number of hydrogen-bond acceptors (Lipinski definition) is 5. The maximum atomic E-state index is 12.7. The number of halogens is 1. The van der Waals surface area contributed by atoms with Crippen molar-refractivity contribution in [3.63, 3.8) is 0 Å². The molecule has 0 saturated carbocycles. The van der Waals surface area contributed by atoms with Crippen LogP contribution in [0.1, 0.15) is 17.4 Å². The molecule has 0 spiro atoms. The monoisotopic (exact) mass is 329 g/mol. The maximum absolute atomic E-state index is 12.7. The molecule has 0 fully saturated rings. The van der Waals surface area contributed by atoms with Crippen molar-refractivity contribution < 1.29 is 9.53 Å². The fourth-order valence-corrected chi connectivity index (χ4v) is 2.31. The van der Waals surface area contributed by atoms with Crippen LogP contribution in [0.2, 0.25) is 5.02 Å². The normalized spacial score (nSPS) is 10.7. The van der Waals surface area contributed by atoms with Crippen molar-refractivity contribution in [3.05, 3.63) is 63.7 Å². The maximum Gasteiger partial charge on any atom is 0.362 e. The van der Waals surface area contributed by atoms with Gasteiger partial charge in [-0.1, -0.05) is 11.6 Å². The van der Waals surface area contributed by atoms with E-state index in [0.29, 0.717) is 21.9 Å². The molecule has 3 rings (SSSR count). The molecule has 0 aliphatic rings. The smallest absolute Gasteiger partial charge is 0.362 e. The Morgan fingerprint density at radius 3 is 2.70 bits per heavy atom. The van der Waals surface area contributed by atoms with E-state index in [1.807, 2.05) is 0 Å². The summed E-state index contributed by atoms with van der Waals surface area (Å²) in [6.07, 6.45) is 1.56. The summed E-state index contributed by atoms with van der Waals surface area (Å²) in [6.45, 7) is 1.82. The Kier molecular flexibility index (Phi) is 4.08. The fraction of sp³-hybridized carbons (Fsp3) is 0.125. The molecule has 7 heteroatoms. The summed E-state index contributed by atoms with van der Waals surface area (Å²) in [6, 6.07) is 10.0. The van der Waals surface area contributed by atoms with Gasteiger partial charge in [-0.15, -0.1) is 0 Å². The number of aromatic nitrogens is 3. The summed E-state index contributed by atoms with van der Waals surface area (Å²) < 4.78 is 6.24. The topological polar surface area (TPSA) is 74.1 Å². The van der Waals surface area contributed by atoms with Crippen LogP contribution in [0.5, 0.6) is 0 Å². The van der Waals surface area contributed by atoms with E-state index in [9.17, 15) is 9.59 Å². The van der Waals surface area contributed by atoms with Crippen LogP contribution in [0, 0.1) is 0 Å². The second kappa shape index (κ2) is 6.18. The van der Waals surface area contributed by atoms with Crippen molar-refractivity contribution in [2.75, 3.05) is 6.61 Å². The van der Waals surface area contributed by atoms with Crippen molar-refractivity contribution in [2.45, 2.75) is 6.92 Å². The molecule has 1 aromatic carbocycles. The predicted molar refractivity (Wildman–Crippen MR) is 86.1 cm³/mol. The molecular formula is C16H12ClN3O3. The number of carbonyl (C=O) groups is 1. The van der Waals surface area contributed by atoms with E-state index in [0.717, 1.165) is 0 Å². The summed E-state index contributed by atoms with van der Waals surface area (Å²) in [5, 5.41) is 0.540. The largest absolute Gasteiger partial charge is 0.461 e. The summed E-state index contributed by atoms with van der Waals surface area (Å²) in [5.41, 5.74) is 0.452. The van der Waals surface area contributed by atoms with Gasteiger partial charge in [-0.25, -0.2) is 14.8 Å². The second-order valence-electron chi connectivity index (χ2n) is 4.64. The van der Waals surface area contributed by atoms with Crippen LogP contribution in [0.4, 0.5) is 0 Å². The first-order valence-electron chi connectivity index (χ1n) is 6.92. The van der Waals surface area contributed by atoms with Crippen LogP contribution in [-0.2, 0) is 4.74 Å². The van der Waals surface area contributed by atoms with Crippen molar-refractivity contribution >= 4 is 28.7 Å². The summed E-state index contributed by atoms with van der Waals surface area (Å²) >= 11 is 5.89. The highest BCUT2D eigenvalue weighted by atomic mass is 35.5. The van der Waals surface area contributed by atoms with Gasteiger partial charge in [0, 0.05) is 11.2 Å². The molecule has 0 aliphatic heterocycles. The lowest BCUT2D eigenvalue weighted by molar-refractivity contribution is 0.0517. The lowest BCUT2D eigenvalue weighted by atomic mass is 10.3. The number of pyridine rings is 1. The molecule has 0 unspecified atom stereocenters. The van der Waals surface area contributed by atoms with Crippen LogP contribution in [0.15, 0.2) is 47.4 Å². The fourth-order valence-electron chi connectivity index (χ4n) is 2.18. The molecule has 0 atom stereocenters. The highest BCUT2D eigenvalue weighted by Gasteiger charge is 2.19. The van der Waals surface area contributed by atoms with Gasteiger partial charge in [-0.2, -0.15) is 0 Å². The van der Waals surface area contributed by atoms with Gasteiger partial charge in [-0.3, -0.25) is 9.36 Å². The Hall–Kier alpha value is -2.73. The van der Waals surface area contributed by atoms with Gasteiger partial charge in [-0.05, 0) is 43.3 Å². The Morgan fingerprint density at radius 2 is 2.00 bits per heavy atom. The second-order valence-corrected chi connectivity index (χ2v) is 5.08. The lowest BCUT2D eigenvalue weighted by Crippen LogP contribution is -2.29. The zero-order valence-electron chi connectivity index (χ0n) is 12.2. The first-order chi connectivity index (χ1) is 11.1. The number of esters is 1. The van der Waals surface area contributed by atoms with Crippen molar-refractivity contribution in [1.82, 2.24) is 14.5 Å². The quantitative estimate of drug-likeness (QED) is 0.690. The van der Waals surface area contributed by atoms with Gasteiger partial charge < -0.3 is 4.74 Å². The average molecular weight is 330 g/mol. The number of benzene rings is 1. The van der Waals surface area contributed by atoms with Gasteiger partial charge in [0.1, 0.15) is 5.52 Å². The highest BCUT2D eigenvalue weighted by Crippen LogP contribution is 2.16. The van der Waals surface area contributed by atoms with Gasteiger partial charge in [0.2, 0.25) is 5.69 Å². The molecule has 0 radical (unpaired) electrons. The minimum atomic E-state index is -0.758. The summed E-state index contributed by atoms with van der Waals surface area (Å²) in [4.78, 5) is 33.0.